The van der Waals surface area contributed by atoms with Crippen molar-refractivity contribution in [2.45, 2.75) is 18.8 Å². The number of hydrazone groups is 2. The molecular formula is C34H26N4OS. The average Bonchev–Trinajstić information content (AvgIpc) is 3.39. The van der Waals surface area contributed by atoms with Crippen LogP contribution in [0.4, 0.5) is 11.4 Å². The first-order chi connectivity index (χ1) is 19.6. The summed E-state index contributed by atoms with van der Waals surface area (Å²) in [6, 6.07) is 41.4. The molecule has 2 aliphatic heterocycles. The van der Waals surface area contributed by atoms with Gasteiger partial charge in [0.15, 0.2) is 10.8 Å². The molecule has 0 aromatic heterocycles. The number of aryl methyl sites for hydroxylation is 1. The zero-order valence-electron chi connectivity index (χ0n) is 22.2. The number of fused-ring (bicyclic) bond motifs is 3. The van der Waals surface area contributed by atoms with Crippen molar-refractivity contribution < 1.29 is 4.79 Å². The molecule has 0 saturated carbocycles. The van der Waals surface area contributed by atoms with Gasteiger partial charge < -0.3 is 0 Å². The van der Waals surface area contributed by atoms with Crippen LogP contribution in [0.5, 0.6) is 0 Å². The van der Waals surface area contributed by atoms with Crippen molar-refractivity contribution in [2.75, 3.05) is 10.0 Å². The Hall–Kier alpha value is -4.68. The molecule has 0 fully saturated rings. The molecule has 1 atom stereocenters. The average molecular weight is 539 g/mol. The minimum absolute atomic E-state index is 0.0743. The van der Waals surface area contributed by atoms with Crippen LogP contribution in [0.2, 0.25) is 0 Å². The van der Waals surface area contributed by atoms with Gasteiger partial charge in [-0.05, 0) is 53.2 Å². The number of Topliss-reactive ketones (excluding diaryl/α,β-unsaturated/α-hetero) is 1. The molecule has 1 spiro atoms. The number of thioether (sulfide) groups is 1. The van der Waals surface area contributed by atoms with Gasteiger partial charge in [-0.25, -0.2) is 10.0 Å². The quantitative estimate of drug-likeness (QED) is 0.235. The van der Waals surface area contributed by atoms with E-state index in [0.29, 0.717) is 5.04 Å². The first-order valence-corrected chi connectivity index (χ1v) is 14.1. The van der Waals surface area contributed by atoms with Crippen LogP contribution in [-0.4, -0.2) is 16.5 Å². The lowest BCUT2D eigenvalue weighted by Gasteiger charge is -2.47. The van der Waals surface area contributed by atoms with E-state index >= 15 is 0 Å². The van der Waals surface area contributed by atoms with Gasteiger partial charge >= 0.3 is 0 Å². The number of hydrogen-bond donors (Lipinski definition) is 0. The monoisotopic (exact) mass is 538 g/mol. The van der Waals surface area contributed by atoms with Gasteiger partial charge in [0.2, 0.25) is 4.99 Å². The highest BCUT2D eigenvalue weighted by atomic mass is 32.2. The fourth-order valence-electron chi connectivity index (χ4n) is 5.56. The van der Waals surface area contributed by atoms with Crippen molar-refractivity contribution in [1.29, 1.82) is 0 Å². The molecule has 0 bridgehead atoms. The lowest BCUT2D eigenvalue weighted by atomic mass is 9.90. The molecule has 5 aromatic rings. The summed E-state index contributed by atoms with van der Waals surface area (Å²) in [4.78, 5) is 11.9. The molecule has 0 N–H and O–H groups in total. The van der Waals surface area contributed by atoms with Crippen LogP contribution in [-0.2, 0) is 9.79 Å². The molecule has 0 radical (unpaired) electrons. The van der Waals surface area contributed by atoms with E-state index in [1.54, 1.807) is 6.92 Å². The summed E-state index contributed by atoms with van der Waals surface area (Å²) in [5, 5.41) is 17.2. The van der Waals surface area contributed by atoms with Gasteiger partial charge in [0.25, 0.3) is 0 Å². The van der Waals surface area contributed by atoms with Crippen molar-refractivity contribution in [3.63, 3.8) is 0 Å². The van der Waals surface area contributed by atoms with Gasteiger partial charge in [-0.15, -0.1) is 0 Å². The fourth-order valence-corrected chi connectivity index (χ4v) is 6.84. The molecule has 7 rings (SSSR count). The topological polar surface area (TPSA) is 48.3 Å². The van der Waals surface area contributed by atoms with Gasteiger partial charge in [-0.3, -0.25) is 4.79 Å². The molecule has 0 amide bonds. The Balaban J connectivity index is 1.57. The second-order valence-electron chi connectivity index (χ2n) is 9.94. The van der Waals surface area contributed by atoms with Crippen molar-refractivity contribution in [3.05, 3.63) is 144 Å². The minimum Gasteiger partial charge on any atom is -0.292 e. The Labute approximate surface area is 237 Å². The molecule has 0 aliphatic carbocycles. The molecular weight excluding hydrogens is 512 g/mol. The fraction of sp³-hybridized carbons (Fsp3) is 0.0882. The third-order valence-electron chi connectivity index (χ3n) is 7.43. The second-order valence-corrected chi connectivity index (χ2v) is 11.1. The molecule has 194 valence electrons. The zero-order valence-corrected chi connectivity index (χ0v) is 23.0. The maximum atomic E-state index is 12.9. The number of rotatable bonds is 4. The molecule has 5 aromatic carbocycles. The number of hydrogen-bond acceptors (Lipinski definition) is 6. The van der Waals surface area contributed by atoms with Gasteiger partial charge in [0, 0.05) is 23.6 Å². The summed E-state index contributed by atoms with van der Waals surface area (Å²) in [6.45, 7) is 3.65. The van der Waals surface area contributed by atoms with E-state index in [4.69, 9.17) is 10.2 Å². The smallest absolute Gasteiger partial charge is 0.234 e. The van der Waals surface area contributed by atoms with Gasteiger partial charge in [-0.2, -0.15) is 10.2 Å². The van der Waals surface area contributed by atoms with Crippen LogP contribution in [0.1, 0.15) is 29.2 Å². The lowest BCUT2D eigenvalue weighted by Crippen LogP contribution is -2.54. The highest BCUT2D eigenvalue weighted by Crippen LogP contribution is 2.55. The van der Waals surface area contributed by atoms with E-state index in [1.165, 1.54) is 11.8 Å². The molecule has 2 aliphatic rings. The van der Waals surface area contributed by atoms with Crippen LogP contribution in [0, 0.1) is 6.92 Å². The van der Waals surface area contributed by atoms with Crippen molar-refractivity contribution in [3.8, 4) is 0 Å². The van der Waals surface area contributed by atoms with Crippen LogP contribution in [0.15, 0.2) is 132 Å². The second kappa shape index (κ2) is 9.50. The van der Waals surface area contributed by atoms with E-state index in [1.807, 2.05) is 40.3 Å². The van der Waals surface area contributed by atoms with Crippen molar-refractivity contribution >= 4 is 50.4 Å². The van der Waals surface area contributed by atoms with E-state index in [9.17, 15) is 4.79 Å². The van der Waals surface area contributed by atoms with Crippen LogP contribution in [0.3, 0.4) is 0 Å². The number of para-hydroxylation sites is 2. The van der Waals surface area contributed by atoms with Crippen molar-refractivity contribution in [1.82, 2.24) is 0 Å². The minimum atomic E-state index is -0.959. The molecule has 0 saturated heterocycles. The van der Waals surface area contributed by atoms with Crippen LogP contribution < -0.4 is 10.0 Å². The predicted octanol–water partition coefficient (Wildman–Crippen LogP) is 7.69. The van der Waals surface area contributed by atoms with Crippen LogP contribution in [0.25, 0.3) is 10.8 Å². The maximum Gasteiger partial charge on any atom is 0.234 e. The third-order valence-corrected chi connectivity index (χ3v) is 8.84. The Morgan fingerprint density at radius 2 is 1.38 bits per heavy atom. The van der Waals surface area contributed by atoms with Crippen LogP contribution >= 0.6 is 11.8 Å². The van der Waals surface area contributed by atoms with E-state index in [2.05, 4.69) is 97.9 Å². The Morgan fingerprint density at radius 1 is 0.700 bits per heavy atom. The highest BCUT2D eigenvalue weighted by Gasteiger charge is 2.56. The Bertz CT molecular complexity index is 1840. The number of ketones is 1. The van der Waals surface area contributed by atoms with Gasteiger partial charge in [0.1, 0.15) is 0 Å². The molecule has 6 heteroatoms. The molecule has 0 unspecified atom stereocenters. The summed E-state index contributed by atoms with van der Waals surface area (Å²) < 4.78 is 0. The Kier molecular flexibility index (Phi) is 5.79. The normalized spacial score (nSPS) is 18.1. The molecule has 5 nitrogen and oxygen atoms in total. The van der Waals surface area contributed by atoms with Crippen molar-refractivity contribution in [2.24, 2.45) is 10.2 Å². The molecule has 2 heterocycles. The summed E-state index contributed by atoms with van der Waals surface area (Å²) >= 11 is 1.45. The predicted molar refractivity (Wildman–Crippen MR) is 166 cm³/mol. The van der Waals surface area contributed by atoms with E-state index in [0.717, 1.165) is 50.1 Å². The zero-order chi connectivity index (χ0) is 27.3. The number of anilines is 2. The SMILES string of the molecule is CC(=O)C1=NN(c2ccccc2C)[C@@]2(S1)c1ccccc1C(c1cccc3ccccc13)=NN2c1ccccc1. The number of carbonyl (C=O) groups is 1. The van der Waals surface area contributed by atoms with E-state index < -0.39 is 4.99 Å². The summed E-state index contributed by atoms with van der Waals surface area (Å²) in [5.41, 5.74) is 6.85. The first-order valence-electron chi connectivity index (χ1n) is 13.2. The number of carbonyl (C=O) groups excluding carboxylic acids is 1. The number of benzene rings is 5. The van der Waals surface area contributed by atoms with E-state index in [-0.39, 0.29) is 5.78 Å². The highest BCUT2D eigenvalue weighted by molar-refractivity contribution is 8.17. The maximum absolute atomic E-state index is 12.9. The summed E-state index contributed by atoms with van der Waals surface area (Å²) in [6.07, 6.45) is 0. The third kappa shape index (κ3) is 3.67. The lowest BCUT2D eigenvalue weighted by molar-refractivity contribution is -0.110. The first kappa shape index (κ1) is 24.4. The summed E-state index contributed by atoms with van der Waals surface area (Å²) in [5.74, 6) is -0.0743. The number of nitrogens with zero attached hydrogens (tertiary/aromatic N) is 4. The molecule has 40 heavy (non-hydrogen) atoms. The standard InChI is InChI=1S/C34H26N4OS/c1-23-13-6-11-22-31(23)38-34(40-33(36-38)24(2)39)30-21-10-9-19-29(30)32(35-37(34)26-16-4-3-5-17-26)28-20-12-15-25-14-7-8-18-27(25)28/h3-22H,1-2H3/t34-/m1/s1. The largest absolute Gasteiger partial charge is 0.292 e. The van der Waals surface area contributed by atoms with Gasteiger partial charge in [-0.1, -0.05) is 103 Å². The Morgan fingerprint density at radius 3 is 2.20 bits per heavy atom. The summed E-state index contributed by atoms with van der Waals surface area (Å²) in [7, 11) is 0. The van der Waals surface area contributed by atoms with Gasteiger partial charge in [0.05, 0.1) is 17.1 Å².